The number of carbonyl (C=O) groups excluding carboxylic acids is 1. The molecule has 1 aliphatic heterocycles. The Morgan fingerprint density at radius 3 is 3.09 bits per heavy atom. The van der Waals surface area contributed by atoms with Crippen LogP contribution >= 0.6 is 0 Å². The topological polar surface area (TPSA) is 60.2 Å². The van der Waals surface area contributed by atoms with Gasteiger partial charge in [-0.15, -0.1) is 0 Å². The highest BCUT2D eigenvalue weighted by Gasteiger charge is 2.23. The summed E-state index contributed by atoms with van der Waals surface area (Å²) in [6, 6.07) is 6.33. The zero-order valence-corrected chi connectivity index (χ0v) is 13.6. The number of aryl methyl sites for hydroxylation is 1. The number of hydrogen-bond acceptors (Lipinski definition) is 5. The fourth-order valence-electron chi connectivity index (χ4n) is 2.94. The summed E-state index contributed by atoms with van der Waals surface area (Å²) in [6.07, 6.45) is 5.50. The maximum Gasteiger partial charge on any atom is 0.341 e. The summed E-state index contributed by atoms with van der Waals surface area (Å²) < 4.78 is 6.90. The Hall–Kier alpha value is -2.37. The van der Waals surface area contributed by atoms with E-state index in [0.29, 0.717) is 12.2 Å². The number of piperidine rings is 1. The van der Waals surface area contributed by atoms with Crippen molar-refractivity contribution in [3.8, 4) is 0 Å². The first-order valence-corrected chi connectivity index (χ1v) is 8.07. The molecule has 0 aromatic carbocycles. The molecule has 1 fully saturated rings. The Morgan fingerprint density at radius 2 is 2.30 bits per heavy atom. The zero-order chi connectivity index (χ0) is 16.2. The van der Waals surface area contributed by atoms with Crippen LogP contribution in [0.2, 0.25) is 0 Å². The molecule has 0 radical (unpaired) electrons. The predicted octanol–water partition coefficient (Wildman–Crippen LogP) is 2.60. The molecule has 1 aliphatic rings. The maximum atomic E-state index is 11.8. The highest BCUT2D eigenvalue weighted by Crippen LogP contribution is 2.25. The predicted molar refractivity (Wildman–Crippen MR) is 87.6 cm³/mol. The summed E-state index contributed by atoms with van der Waals surface area (Å²) in [5, 5.41) is 4.36. The molecule has 6 heteroatoms. The normalized spacial score (nSPS) is 18.0. The van der Waals surface area contributed by atoms with E-state index in [2.05, 4.69) is 15.0 Å². The standard InChI is InChI=1S/C17H22N4O2/c1-3-23-17(22)14-10-18-21(11-14)15-7-5-9-20(12-15)16-8-4-6-13(2)19-16/h4,6,8,10-11,15H,3,5,7,9,12H2,1-2H3. The van der Waals surface area contributed by atoms with Crippen molar-refractivity contribution < 1.29 is 9.53 Å². The van der Waals surface area contributed by atoms with Gasteiger partial charge in [0.25, 0.3) is 0 Å². The average Bonchev–Trinajstić information content (AvgIpc) is 3.05. The van der Waals surface area contributed by atoms with Crippen LogP contribution in [0.4, 0.5) is 5.82 Å². The summed E-state index contributed by atoms with van der Waals surface area (Å²) in [4.78, 5) is 18.7. The van der Waals surface area contributed by atoms with Gasteiger partial charge in [0.05, 0.1) is 24.4 Å². The molecule has 122 valence electrons. The van der Waals surface area contributed by atoms with E-state index in [1.807, 2.05) is 29.8 Å². The first-order valence-electron chi connectivity index (χ1n) is 8.07. The largest absolute Gasteiger partial charge is 0.462 e. The van der Waals surface area contributed by atoms with Gasteiger partial charge in [0.1, 0.15) is 5.82 Å². The van der Waals surface area contributed by atoms with E-state index in [-0.39, 0.29) is 12.0 Å². The third-order valence-corrected chi connectivity index (χ3v) is 4.08. The monoisotopic (exact) mass is 314 g/mol. The summed E-state index contributed by atoms with van der Waals surface area (Å²) >= 11 is 0. The molecule has 0 amide bonds. The highest BCUT2D eigenvalue weighted by molar-refractivity contribution is 5.88. The molecule has 1 saturated heterocycles. The van der Waals surface area contributed by atoms with Gasteiger partial charge in [-0.25, -0.2) is 9.78 Å². The lowest BCUT2D eigenvalue weighted by atomic mass is 10.1. The van der Waals surface area contributed by atoms with E-state index in [1.54, 1.807) is 19.3 Å². The fourth-order valence-corrected chi connectivity index (χ4v) is 2.94. The Balaban J connectivity index is 1.72. The molecule has 2 aromatic rings. The first kappa shape index (κ1) is 15.5. The van der Waals surface area contributed by atoms with Crippen LogP contribution in [0.25, 0.3) is 0 Å². The third kappa shape index (κ3) is 3.52. The van der Waals surface area contributed by atoms with Crippen LogP contribution in [0.3, 0.4) is 0 Å². The zero-order valence-electron chi connectivity index (χ0n) is 13.6. The van der Waals surface area contributed by atoms with Gasteiger partial charge in [0.2, 0.25) is 0 Å². The number of ether oxygens (including phenoxy) is 1. The van der Waals surface area contributed by atoms with Crippen molar-refractivity contribution in [2.75, 3.05) is 24.6 Å². The van der Waals surface area contributed by atoms with Crippen molar-refractivity contribution in [1.29, 1.82) is 0 Å². The molecule has 1 atom stereocenters. The first-order chi connectivity index (χ1) is 11.2. The van der Waals surface area contributed by atoms with Crippen molar-refractivity contribution in [1.82, 2.24) is 14.8 Å². The van der Waals surface area contributed by atoms with E-state index in [9.17, 15) is 4.79 Å². The Kier molecular flexibility index (Phi) is 4.60. The number of hydrogen-bond donors (Lipinski definition) is 0. The molecule has 6 nitrogen and oxygen atoms in total. The minimum atomic E-state index is -0.313. The molecule has 1 unspecified atom stereocenters. The molecule has 0 bridgehead atoms. The lowest BCUT2D eigenvalue weighted by molar-refractivity contribution is 0.0526. The van der Waals surface area contributed by atoms with Crippen molar-refractivity contribution in [3.63, 3.8) is 0 Å². The van der Waals surface area contributed by atoms with Crippen molar-refractivity contribution in [2.45, 2.75) is 32.7 Å². The quantitative estimate of drug-likeness (QED) is 0.812. The van der Waals surface area contributed by atoms with Crippen LogP contribution in [0.1, 0.15) is 41.9 Å². The minimum absolute atomic E-state index is 0.245. The van der Waals surface area contributed by atoms with Gasteiger partial charge >= 0.3 is 5.97 Å². The van der Waals surface area contributed by atoms with Crippen molar-refractivity contribution in [2.24, 2.45) is 0 Å². The van der Waals surface area contributed by atoms with Gasteiger partial charge in [0.15, 0.2) is 0 Å². The van der Waals surface area contributed by atoms with Gasteiger partial charge in [-0.1, -0.05) is 6.07 Å². The Labute approximate surface area is 136 Å². The molecule has 0 N–H and O–H groups in total. The van der Waals surface area contributed by atoms with Gasteiger partial charge in [-0.2, -0.15) is 5.10 Å². The summed E-state index contributed by atoms with van der Waals surface area (Å²) in [5.41, 5.74) is 1.53. The van der Waals surface area contributed by atoms with E-state index in [4.69, 9.17) is 4.74 Å². The number of aromatic nitrogens is 3. The van der Waals surface area contributed by atoms with E-state index >= 15 is 0 Å². The lowest BCUT2D eigenvalue weighted by Crippen LogP contribution is -2.37. The molecule has 0 saturated carbocycles. The molecular weight excluding hydrogens is 292 g/mol. The lowest BCUT2D eigenvalue weighted by Gasteiger charge is -2.33. The molecule has 3 rings (SSSR count). The number of rotatable bonds is 4. The SMILES string of the molecule is CCOC(=O)c1cnn(C2CCCN(c3cccc(C)n3)C2)c1. The summed E-state index contributed by atoms with van der Waals surface area (Å²) in [7, 11) is 0. The molecule has 0 spiro atoms. The van der Waals surface area contributed by atoms with Gasteiger partial charge in [0, 0.05) is 25.0 Å². The fraction of sp³-hybridized carbons (Fsp3) is 0.471. The van der Waals surface area contributed by atoms with Crippen LogP contribution in [-0.4, -0.2) is 40.4 Å². The number of esters is 1. The molecule has 3 heterocycles. The van der Waals surface area contributed by atoms with Gasteiger partial charge in [-0.05, 0) is 38.8 Å². The van der Waals surface area contributed by atoms with Crippen LogP contribution in [0.15, 0.2) is 30.6 Å². The van der Waals surface area contributed by atoms with Crippen LogP contribution in [0.5, 0.6) is 0 Å². The van der Waals surface area contributed by atoms with E-state index in [0.717, 1.165) is 37.4 Å². The number of carbonyl (C=O) groups is 1. The van der Waals surface area contributed by atoms with Crippen molar-refractivity contribution >= 4 is 11.8 Å². The van der Waals surface area contributed by atoms with Crippen molar-refractivity contribution in [3.05, 3.63) is 41.9 Å². The van der Waals surface area contributed by atoms with Gasteiger partial charge in [-0.3, -0.25) is 4.68 Å². The Bertz CT molecular complexity index is 683. The Morgan fingerprint density at radius 1 is 1.43 bits per heavy atom. The molecule has 23 heavy (non-hydrogen) atoms. The molecule has 2 aromatic heterocycles. The number of anilines is 1. The van der Waals surface area contributed by atoms with Crippen LogP contribution in [-0.2, 0) is 4.74 Å². The number of nitrogens with zero attached hydrogens (tertiary/aromatic N) is 4. The molecular formula is C17H22N4O2. The van der Waals surface area contributed by atoms with E-state index in [1.165, 1.54) is 0 Å². The minimum Gasteiger partial charge on any atom is -0.462 e. The average molecular weight is 314 g/mol. The second-order valence-corrected chi connectivity index (χ2v) is 5.81. The second-order valence-electron chi connectivity index (χ2n) is 5.81. The molecule has 0 aliphatic carbocycles. The smallest absolute Gasteiger partial charge is 0.341 e. The third-order valence-electron chi connectivity index (χ3n) is 4.08. The number of pyridine rings is 1. The second kappa shape index (κ2) is 6.81. The maximum absolute atomic E-state index is 11.8. The summed E-state index contributed by atoms with van der Waals surface area (Å²) in [6.45, 7) is 6.03. The summed E-state index contributed by atoms with van der Waals surface area (Å²) in [5.74, 6) is 0.694. The van der Waals surface area contributed by atoms with E-state index < -0.39 is 0 Å². The van der Waals surface area contributed by atoms with Crippen LogP contribution in [0, 0.1) is 6.92 Å². The highest BCUT2D eigenvalue weighted by atomic mass is 16.5. The van der Waals surface area contributed by atoms with Crippen LogP contribution < -0.4 is 4.90 Å². The van der Waals surface area contributed by atoms with Gasteiger partial charge < -0.3 is 9.64 Å².